The van der Waals surface area contributed by atoms with Gasteiger partial charge >= 0.3 is 0 Å². The number of carbonyl (C=O) groups excluding carboxylic acids is 3. The van der Waals surface area contributed by atoms with Gasteiger partial charge in [0.2, 0.25) is 0 Å². The molecule has 18 heavy (non-hydrogen) atoms. The maximum Gasteiger partial charge on any atom is 0.190 e. The van der Waals surface area contributed by atoms with Crippen LogP contribution in [-0.4, -0.2) is 22.5 Å². The highest BCUT2D eigenvalue weighted by molar-refractivity contribution is 6.23. The van der Waals surface area contributed by atoms with Gasteiger partial charge in [-0.15, -0.1) is 0 Å². The fraction of sp³-hybridized carbons (Fsp3) is 0.214. The van der Waals surface area contributed by atoms with E-state index in [0.717, 1.165) is 6.08 Å². The number of hydrogen-bond acceptors (Lipinski definition) is 4. The molecule has 0 atom stereocenters. The van der Waals surface area contributed by atoms with Crippen LogP contribution < -0.4 is 0 Å². The zero-order valence-electron chi connectivity index (χ0n) is 10.1. The summed E-state index contributed by atoms with van der Waals surface area (Å²) in [7, 11) is 0. The lowest BCUT2D eigenvalue weighted by molar-refractivity contribution is -0.116. The van der Waals surface area contributed by atoms with E-state index in [1.54, 1.807) is 13.0 Å². The normalized spacial score (nSPS) is 13.7. The second-order valence-corrected chi connectivity index (χ2v) is 4.38. The fourth-order valence-corrected chi connectivity index (χ4v) is 2.08. The number of carbonyl (C=O) groups is 3. The lowest BCUT2D eigenvalue weighted by Gasteiger charge is -2.16. The Bertz CT molecular complexity index is 609. The number of aryl methyl sites for hydroxylation is 1. The average Bonchev–Trinajstić information content (AvgIpc) is 2.28. The fourth-order valence-electron chi connectivity index (χ4n) is 2.08. The van der Waals surface area contributed by atoms with Gasteiger partial charge in [0.1, 0.15) is 11.5 Å². The van der Waals surface area contributed by atoms with Gasteiger partial charge in [0.25, 0.3) is 0 Å². The summed E-state index contributed by atoms with van der Waals surface area (Å²) < 4.78 is 0. The van der Waals surface area contributed by atoms with Gasteiger partial charge in [0, 0.05) is 17.5 Å². The summed E-state index contributed by atoms with van der Waals surface area (Å²) in [5, 5.41) is 10.1. The van der Waals surface area contributed by atoms with E-state index in [1.807, 2.05) is 0 Å². The first-order valence-corrected chi connectivity index (χ1v) is 5.53. The second-order valence-electron chi connectivity index (χ2n) is 4.38. The lowest BCUT2D eigenvalue weighted by atomic mass is 9.88. The van der Waals surface area contributed by atoms with Crippen molar-refractivity contribution in [3.05, 3.63) is 40.5 Å². The summed E-state index contributed by atoms with van der Waals surface area (Å²) in [5.41, 5.74) is 1.25. The number of ketones is 3. The molecule has 4 heteroatoms. The summed E-state index contributed by atoms with van der Waals surface area (Å²) in [6.45, 7) is 3.11. The second kappa shape index (κ2) is 4.22. The zero-order chi connectivity index (χ0) is 13.4. The molecule has 1 N–H and O–H groups in total. The molecule has 2 rings (SSSR count). The van der Waals surface area contributed by atoms with Crippen LogP contribution in [-0.2, 0) is 11.2 Å². The first-order chi connectivity index (χ1) is 8.41. The molecule has 1 aliphatic carbocycles. The van der Waals surface area contributed by atoms with Crippen LogP contribution in [0.4, 0.5) is 0 Å². The van der Waals surface area contributed by atoms with Crippen molar-refractivity contribution in [1.29, 1.82) is 0 Å². The van der Waals surface area contributed by atoms with Crippen molar-refractivity contribution in [1.82, 2.24) is 0 Å². The van der Waals surface area contributed by atoms with E-state index in [0.29, 0.717) is 11.1 Å². The Morgan fingerprint density at radius 1 is 1.22 bits per heavy atom. The molecule has 0 aromatic heterocycles. The lowest BCUT2D eigenvalue weighted by Crippen LogP contribution is -2.14. The van der Waals surface area contributed by atoms with E-state index < -0.39 is 5.78 Å². The quantitative estimate of drug-likeness (QED) is 0.860. The number of benzene rings is 1. The molecule has 1 aliphatic rings. The Balaban J connectivity index is 2.70. The highest BCUT2D eigenvalue weighted by atomic mass is 16.3. The van der Waals surface area contributed by atoms with Crippen molar-refractivity contribution < 1.29 is 19.5 Å². The molecule has 0 saturated carbocycles. The molecule has 0 spiro atoms. The summed E-state index contributed by atoms with van der Waals surface area (Å²) >= 11 is 0. The number of aromatic hydroxyl groups is 1. The molecule has 1 aromatic carbocycles. The van der Waals surface area contributed by atoms with Crippen molar-refractivity contribution in [2.45, 2.75) is 20.3 Å². The largest absolute Gasteiger partial charge is 0.507 e. The maximum atomic E-state index is 11.7. The van der Waals surface area contributed by atoms with Crippen LogP contribution in [0.3, 0.4) is 0 Å². The van der Waals surface area contributed by atoms with Gasteiger partial charge in [-0.3, -0.25) is 14.4 Å². The minimum absolute atomic E-state index is 0.00403. The zero-order valence-corrected chi connectivity index (χ0v) is 10.1. The average molecular weight is 244 g/mol. The first kappa shape index (κ1) is 12.2. The summed E-state index contributed by atoms with van der Waals surface area (Å²) in [6, 6.07) is 1.55. The van der Waals surface area contributed by atoms with Crippen molar-refractivity contribution in [2.75, 3.05) is 0 Å². The van der Waals surface area contributed by atoms with Crippen LogP contribution in [0.5, 0.6) is 5.75 Å². The third-order valence-electron chi connectivity index (χ3n) is 2.95. The molecule has 1 aromatic rings. The van der Waals surface area contributed by atoms with Gasteiger partial charge in [0.05, 0.1) is 5.56 Å². The molecule has 0 radical (unpaired) electrons. The molecule has 0 fully saturated rings. The van der Waals surface area contributed by atoms with Gasteiger partial charge < -0.3 is 5.11 Å². The third-order valence-corrected chi connectivity index (χ3v) is 2.95. The number of phenols is 1. The minimum Gasteiger partial charge on any atom is -0.507 e. The molecule has 4 nitrogen and oxygen atoms in total. The standard InChI is InChI=1S/C14H12O4/c1-7-5-10-11(16)3-4-12(17)13(10)14(18)9(7)6-8(2)15/h3-5,18H,6H2,1-2H3. The number of fused-ring (bicyclic) bond motifs is 1. The van der Waals surface area contributed by atoms with Crippen molar-refractivity contribution >= 4 is 17.3 Å². The van der Waals surface area contributed by atoms with Gasteiger partial charge in [-0.05, 0) is 37.6 Å². The smallest absolute Gasteiger partial charge is 0.190 e. The molecule has 0 unspecified atom stereocenters. The number of allylic oxidation sites excluding steroid dienone is 2. The molecule has 0 aliphatic heterocycles. The third kappa shape index (κ3) is 1.86. The van der Waals surface area contributed by atoms with E-state index in [2.05, 4.69) is 0 Å². The van der Waals surface area contributed by atoms with Gasteiger partial charge in [0.15, 0.2) is 11.6 Å². The van der Waals surface area contributed by atoms with Gasteiger partial charge in [-0.1, -0.05) is 0 Å². The van der Waals surface area contributed by atoms with E-state index in [1.165, 1.54) is 13.0 Å². The number of rotatable bonds is 2. The molecule has 92 valence electrons. The SMILES string of the molecule is CC(=O)Cc1c(C)cc2c(c1O)C(=O)C=CC2=O. The predicted molar refractivity (Wildman–Crippen MR) is 65.0 cm³/mol. The van der Waals surface area contributed by atoms with E-state index in [4.69, 9.17) is 0 Å². The van der Waals surface area contributed by atoms with Gasteiger partial charge in [-0.2, -0.15) is 0 Å². The van der Waals surface area contributed by atoms with Crippen LogP contribution in [0.15, 0.2) is 18.2 Å². The Morgan fingerprint density at radius 2 is 1.83 bits per heavy atom. The minimum atomic E-state index is -0.410. The van der Waals surface area contributed by atoms with E-state index in [-0.39, 0.29) is 34.9 Å². The van der Waals surface area contributed by atoms with Gasteiger partial charge in [-0.25, -0.2) is 0 Å². The maximum absolute atomic E-state index is 11.7. The highest BCUT2D eigenvalue weighted by Crippen LogP contribution is 2.32. The van der Waals surface area contributed by atoms with Crippen LogP contribution in [0, 0.1) is 6.92 Å². The topological polar surface area (TPSA) is 71.4 Å². The Hall–Kier alpha value is -2.23. The Morgan fingerprint density at radius 3 is 2.44 bits per heavy atom. The number of hydrogen-bond donors (Lipinski definition) is 1. The van der Waals surface area contributed by atoms with Crippen LogP contribution in [0.1, 0.15) is 38.8 Å². The highest BCUT2D eigenvalue weighted by Gasteiger charge is 2.26. The first-order valence-electron chi connectivity index (χ1n) is 5.53. The predicted octanol–water partition coefficient (Wildman–Crippen LogP) is 1.77. The molecule has 0 heterocycles. The molecular formula is C14H12O4. The molecule has 0 amide bonds. The molecule has 0 saturated heterocycles. The number of Topliss-reactive ketones (excluding diaryl/α,β-unsaturated/α-hetero) is 1. The van der Waals surface area contributed by atoms with Crippen LogP contribution >= 0.6 is 0 Å². The molecular weight excluding hydrogens is 232 g/mol. The summed E-state index contributed by atoms with van der Waals surface area (Å²) in [5.74, 6) is -1.08. The van der Waals surface area contributed by atoms with Crippen molar-refractivity contribution in [3.63, 3.8) is 0 Å². The Kier molecular flexibility index (Phi) is 2.87. The van der Waals surface area contributed by atoms with Crippen molar-refractivity contribution in [2.24, 2.45) is 0 Å². The Labute approximate surface area is 104 Å². The summed E-state index contributed by atoms with van der Waals surface area (Å²) in [6.07, 6.45) is 2.38. The summed E-state index contributed by atoms with van der Waals surface area (Å²) in [4.78, 5) is 34.5. The van der Waals surface area contributed by atoms with E-state index >= 15 is 0 Å². The number of phenolic OH excluding ortho intramolecular Hbond substituents is 1. The van der Waals surface area contributed by atoms with Crippen molar-refractivity contribution in [3.8, 4) is 5.75 Å². The van der Waals surface area contributed by atoms with Crippen LogP contribution in [0.2, 0.25) is 0 Å². The monoisotopic (exact) mass is 244 g/mol. The van der Waals surface area contributed by atoms with Crippen LogP contribution in [0.25, 0.3) is 0 Å². The molecule has 0 bridgehead atoms. The van der Waals surface area contributed by atoms with E-state index in [9.17, 15) is 19.5 Å².